The van der Waals surface area contributed by atoms with Crippen LogP contribution in [0.15, 0.2) is 36.4 Å². The number of aryl methyl sites for hydroxylation is 2. The number of amides is 1. The molecule has 1 N–H and O–H groups in total. The van der Waals surface area contributed by atoms with Gasteiger partial charge in [0, 0.05) is 0 Å². The van der Waals surface area contributed by atoms with Crippen LogP contribution in [-0.2, 0) is 0 Å². The first-order valence-corrected chi connectivity index (χ1v) is 7.26. The highest BCUT2D eigenvalue weighted by atomic mass is 16.5. The van der Waals surface area contributed by atoms with Crippen molar-refractivity contribution < 1.29 is 9.53 Å². The van der Waals surface area contributed by atoms with Crippen LogP contribution in [0.1, 0.15) is 41.8 Å². The van der Waals surface area contributed by atoms with Crippen molar-refractivity contribution in [2.45, 2.75) is 34.1 Å². The lowest BCUT2D eigenvalue weighted by Gasteiger charge is -2.08. The lowest BCUT2D eigenvalue weighted by Crippen LogP contribution is -2.11. The summed E-state index contributed by atoms with van der Waals surface area (Å²) in [5, 5.41) is 2.90. The third-order valence-electron chi connectivity index (χ3n) is 3.06. The third-order valence-corrected chi connectivity index (χ3v) is 3.06. The fraction of sp³-hybridized carbons (Fsp3) is 0.278. The van der Waals surface area contributed by atoms with Gasteiger partial charge in [0.05, 0.1) is 11.3 Å². The largest absolute Gasteiger partial charge is 0.454 e. The van der Waals surface area contributed by atoms with Gasteiger partial charge in [-0.2, -0.15) is 0 Å². The van der Waals surface area contributed by atoms with Gasteiger partial charge in [-0.15, -0.1) is 0 Å². The molecule has 0 saturated carbocycles. The summed E-state index contributed by atoms with van der Waals surface area (Å²) in [5.74, 6) is 1.17. The summed E-state index contributed by atoms with van der Waals surface area (Å²) in [6.45, 7) is 8.14. The molecule has 1 amide bonds. The minimum absolute atomic E-state index is 0.118. The van der Waals surface area contributed by atoms with Crippen LogP contribution in [0.2, 0.25) is 0 Å². The zero-order chi connectivity index (χ0) is 15.4. The van der Waals surface area contributed by atoms with Crippen molar-refractivity contribution in [2.24, 2.45) is 0 Å². The van der Waals surface area contributed by atoms with Crippen LogP contribution in [0.25, 0.3) is 0 Å². The van der Waals surface area contributed by atoms with Crippen molar-refractivity contribution in [2.75, 3.05) is 5.32 Å². The molecule has 1 aliphatic heterocycles. The number of ether oxygens (including phenoxy) is 1. The first-order chi connectivity index (χ1) is 10.1. The lowest BCUT2D eigenvalue weighted by atomic mass is 10.1. The van der Waals surface area contributed by atoms with Crippen LogP contribution in [0.4, 0.5) is 5.69 Å². The molecular weight excluding hydrogens is 262 g/mol. The van der Waals surface area contributed by atoms with E-state index in [-0.39, 0.29) is 5.91 Å². The molecule has 1 heterocycles. The van der Waals surface area contributed by atoms with Crippen LogP contribution < -0.4 is 10.1 Å². The van der Waals surface area contributed by atoms with Crippen LogP contribution in [-0.4, -0.2) is 5.91 Å². The second kappa shape index (κ2) is 6.44. The van der Waals surface area contributed by atoms with Crippen LogP contribution >= 0.6 is 0 Å². The highest BCUT2D eigenvalue weighted by Gasteiger charge is 2.22. The molecule has 110 valence electrons. The molecule has 1 aliphatic rings. The van der Waals surface area contributed by atoms with Crippen molar-refractivity contribution in [3.05, 3.63) is 53.1 Å². The number of nitrogens with one attached hydrogen (secondary N) is 1. The van der Waals surface area contributed by atoms with Crippen molar-refractivity contribution in [1.29, 1.82) is 0 Å². The summed E-state index contributed by atoms with van der Waals surface area (Å²) >= 11 is 0. The van der Waals surface area contributed by atoms with Crippen LogP contribution in [0.5, 0.6) is 11.5 Å². The van der Waals surface area contributed by atoms with Gasteiger partial charge in [-0.1, -0.05) is 38.5 Å². The zero-order valence-corrected chi connectivity index (χ0v) is 13.0. The second-order valence-corrected chi connectivity index (χ2v) is 5.21. The van der Waals surface area contributed by atoms with Gasteiger partial charge in [-0.3, -0.25) is 4.79 Å². The molecule has 3 rings (SSSR count). The predicted octanol–water partition coefficient (Wildman–Crippen LogP) is 5.08. The Hall–Kier alpha value is -2.29. The standard InChI is InChI=1S/C15H13NO2.C3H8/c1-9-6-7-12-11(8-9)16-15(17)14-10(2)4-3-5-13(14)18-12;1-3-2/h3-8H,1-2H3,(H,16,17);3H2,1-2H3. The van der Waals surface area contributed by atoms with Crippen LogP contribution in [0, 0.1) is 13.8 Å². The Kier molecular flexibility index (Phi) is 4.63. The number of carbonyl (C=O) groups excluding carboxylic acids is 1. The Bertz CT molecular complexity index is 662. The molecule has 3 heteroatoms. The van der Waals surface area contributed by atoms with E-state index < -0.39 is 0 Å². The minimum atomic E-state index is -0.118. The number of anilines is 1. The summed E-state index contributed by atoms with van der Waals surface area (Å²) in [5.41, 5.74) is 3.32. The van der Waals surface area contributed by atoms with Crippen LogP contribution in [0.3, 0.4) is 0 Å². The molecule has 0 atom stereocenters. The first kappa shape index (κ1) is 15.1. The van der Waals surface area contributed by atoms with Gasteiger partial charge < -0.3 is 10.1 Å². The number of rotatable bonds is 0. The molecule has 0 radical (unpaired) electrons. The van der Waals surface area contributed by atoms with Gasteiger partial charge >= 0.3 is 0 Å². The average molecular weight is 283 g/mol. The number of carbonyl (C=O) groups is 1. The Morgan fingerprint density at radius 1 is 1.05 bits per heavy atom. The fourth-order valence-corrected chi connectivity index (χ4v) is 2.15. The maximum atomic E-state index is 12.2. The summed E-state index contributed by atoms with van der Waals surface area (Å²) in [6.07, 6.45) is 1.25. The zero-order valence-electron chi connectivity index (χ0n) is 13.0. The quantitative estimate of drug-likeness (QED) is 0.732. The van der Waals surface area contributed by atoms with E-state index in [9.17, 15) is 4.79 Å². The van der Waals surface area contributed by atoms with E-state index in [0.717, 1.165) is 16.8 Å². The number of fused-ring (bicyclic) bond motifs is 2. The van der Waals surface area contributed by atoms with Gasteiger partial charge in [0.1, 0.15) is 5.75 Å². The molecule has 0 fully saturated rings. The maximum absolute atomic E-state index is 12.2. The van der Waals surface area contributed by atoms with E-state index in [2.05, 4.69) is 19.2 Å². The summed E-state index contributed by atoms with van der Waals surface area (Å²) in [4.78, 5) is 12.2. The predicted molar refractivity (Wildman–Crippen MR) is 86.4 cm³/mol. The molecule has 0 aromatic heterocycles. The molecule has 0 saturated heterocycles. The van der Waals surface area contributed by atoms with Gasteiger partial charge in [-0.05, 0) is 43.2 Å². The third kappa shape index (κ3) is 3.24. The molecule has 0 aliphatic carbocycles. The summed E-state index contributed by atoms with van der Waals surface area (Å²) in [7, 11) is 0. The molecular formula is C18H21NO2. The smallest absolute Gasteiger partial charge is 0.259 e. The van der Waals surface area contributed by atoms with E-state index >= 15 is 0 Å². The number of benzene rings is 2. The fourth-order valence-electron chi connectivity index (χ4n) is 2.15. The van der Waals surface area contributed by atoms with Crippen molar-refractivity contribution in [3.63, 3.8) is 0 Å². The number of hydrogen-bond donors (Lipinski definition) is 1. The minimum Gasteiger partial charge on any atom is -0.454 e. The average Bonchev–Trinajstić information content (AvgIpc) is 2.56. The summed E-state index contributed by atoms with van der Waals surface area (Å²) in [6, 6.07) is 11.4. The normalized spacial score (nSPS) is 11.9. The summed E-state index contributed by atoms with van der Waals surface area (Å²) < 4.78 is 5.83. The van der Waals surface area contributed by atoms with Gasteiger partial charge in [0.2, 0.25) is 0 Å². The van der Waals surface area contributed by atoms with Gasteiger partial charge in [-0.25, -0.2) is 0 Å². The molecule has 0 spiro atoms. The highest BCUT2D eigenvalue weighted by Crippen LogP contribution is 2.36. The molecule has 0 bridgehead atoms. The molecule has 2 aromatic rings. The molecule has 21 heavy (non-hydrogen) atoms. The maximum Gasteiger partial charge on any atom is 0.259 e. The van der Waals surface area contributed by atoms with E-state index in [4.69, 9.17) is 4.74 Å². The Morgan fingerprint density at radius 3 is 2.48 bits per heavy atom. The van der Waals surface area contributed by atoms with Gasteiger partial charge in [0.15, 0.2) is 5.75 Å². The molecule has 3 nitrogen and oxygen atoms in total. The topological polar surface area (TPSA) is 38.3 Å². The second-order valence-electron chi connectivity index (χ2n) is 5.21. The monoisotopic (exact) mass is 283 g/mol. The molecule has 0 unspecified atom stereocenters. The van der Waals surface area contributed by atoms with Gasteiger partial charge in [0.25, 0.3) is 5.91 Å². The van der Waals surface area contributed by atoms with E-state index in [1.807, 2.05) is 50.2 Å². The van der Waals surface area contributed by atoms with E-state index in [1.165, 1.54) is 6.42 Å². The van der Waals surface area contributed by atoms with E-state index in [0.29, 0.717) is 17.1 Å². The lowest BCUT2D eigenvalue weighted by molar-refractivity contribution is 0.102. The molecule has 2 aromatic carbocycles. The Labute approximate surface area is 126 Å². The Balaban J connectivity index is 0.000000497. The SMILES string of the molecule is CCC.Cc1ccc2c(c1)NC(=O)c1c(C)cccc1O2. The van der Waals surface area contributed by atoms with E-state index in [1.54, 1.807) is 0 Å². The van der Waals surface area contributed by atoms with Crippen molar-refractivity contribution in [1.82, 2.24) is 0 Å². The van der Waals surface area contributed by atoms with Crippen molar-refractivity contribution >= 4 is 11.6 Å². The Morgan fingerprint density at radius 2 is 1.76 bits per heavy atom. The number of hydrogen-bond acceptors (Lipinski definition) is 2. The highest BCUT2D eigenvalue weighted by molar-refractivity contribution is 6.08. The first-order valence-electron chi connectivity index (χ1n) is 7.26. The van der Waals surface area contributed by atoms with Crippen molar-refractivity contribution in [3.8, 4) is 11.5 Å².